The van der Waals surface area contributed by atoms with E-state index in [-0.39, 0.29) is 7.43 Å². The van der Waals surface area contributed by atoms with Crippen LogP contribution in [0.15, 0.2) is 46.9 Å². The van der Waals surface area contributed by atoms with Gasteiger partial charge in [-0.05, 0) is 24.3 Å². The van der Waals surface area contributed by atoms with E-state index in [2.05, 4.69) is 6.07 Å². The molecule has 0 aliphatic carbocycles. The molecule has 3 nitrogen and oxygen atoms in total. The van der Waals surface area contributed by atoms with Gasteiger partial charge in [0.05, 0.1) is 17.7 Å². The van der Waals surface area contributed by atoms with Crippen LogP contribution >= 0.6 is 0 Å². The zero-order valence-corrected chi connectivity index (χ0v) is 9.84. The van der Waals surface area contributed by atoms with Gasteiger partial charge in [-0.15, -0.1) is 0 Å². The molecule has 0 bridgehead atoms. The third-order valence-corrected chi connectivity index (χ3v) is 2.51. The highest BCUT2D eigenvalue weighted by atomic mass is 16.3. The van der Waals surface area contributed by atoms with Gasteiger partial charge in [-0.3, -0.25) is 0 Å². The van der Waals surface area contributed by atoms with Crippen LogP contribution in [0.3, 0.4) is 0 Å². The second-order valence-electron chi connectivity index (χ2n) is 3.64. The molecule has 94 valence electrons. The SMILES string of the molecule is C.CC#N.N#Cc1ccc2c(c1)oc1ccccc12. The molecule has 0 aliphatic heterocycles. The topological polar surface area (TPSA) is 60.7 Å². The van der Waals surface area contributed by atoms with Crippen LogP contribution in [0.2, 0.25) is 0 Å². The van der Waals surface area contributed by atoms with Crippen molar-refractivity contribution in [3.63, 3.8) is 0 Å². The van der Waals surface area contributed by atoms with Crippen molar-refractivity contribution < 1.29 is 4.42 Å². The number of nitriles is 2. The molecule has 3 heteroatoms. The van der Waals surface area contributed by atoms with Gasteiger partial charge in [0.25, 0.3) is 0 Å². The van der Waals surface area contributed by atoms with Gasteiger partial charge in [-0.1, -0.05) is 25.6 Å². The van der Waals surface area contributed by atoms with Gasteiger partial charge in [0.1, 0.15) is 11.2 Å². The molecule has 0 fully saturated rings. The fraction of sp³-hybridized carbons (Fsp3) is 0.125. The van der Waals surface area contributed by atoms with Crippen molar-refractivity contribution in [1.29, 1.82) is 10.5 Å². The molecule has 2 aromatic carbocycles. The Bertz CT molecular complexity index is 773. The largest absolute Gasteiger partial charge is 0.456 e. The summed E-state index contributed by atoms with van der Waals surface area (Å²) in [5.41, 5.74) is 2.26. The maximum Gasteiger partial charge on any atom is 0.136 e. The molecule has 0 atom stereocenters. The zero-order valence-electron chi connectivity index (χ0n) is 9.84. The van der Waals surface area contributed by atoms with E-state index in [1.54, 1.807) is 12.1 Å². The minimum Gasteiger partial charge on any atom is -0.456 e. The fourth-order valence-electron chi connectivity index (χ4n) is 1.80. The lowest BCUT2D eigenvalue weighted by Crippen LogP contribution is -1.71. The Labute approximate surface area is 112 Å². The number of hydrogen-bond donors (Lipinski definition) is 0. The molecule has 0 aliphatic rings. The first-order valence-electron chi connectivity index (χ1n) is 5.42. The van der Waals surface area contributed by atoms with Crippen LogP contribution in [0.5, 0.6) is 0 Å². The van der Waals surface area contributed by atoms with E-state index in [0.717, 1.165) is 21.9 Å². The van der Waals surface area contributed by atoms with Crippen molar-refractivity contribution in [3.05, 3.63) is 48.0 Å². The van der Waals surface area contributed by atoms with Crippen molar-refractivity contribution in [2.24, 2.45) is 0 Å². The minimum absolute atomic E-state index is 0. The molecule has 3 rings (SSSR count). The Kier molecular flexibility index (Phi) is 4.69. The predicted octanol–water partition coefficient (Wildman–Crippen LogP) is 4.62. The zero-order chi connectivity index (χ0) is 13.0. The molecule has 19 heavy (non-hydrogen) atoms. The van der Waals surface area contributed by atoms with Crippen LogP contribution in [0, 0.1) is 22.7 Å². The fourth-order valence-corrected chi connectivity index (χ4v) is 1.80. The van der Waals surface area contributed by atoms with Crippen LogP contribution in [0.4, 0.5) is 0 Å². The molecule has 1 aromatic heterocycles. The smallest absolute Gasteiger partial charge is 0.136 e. The molecule has 1 heterocycles. The number of hydrogen-bond acceptors (Lipinski definition) is 3. The first kappa shape index (κ1) is 14.3. The summed E-state index contributed by atoms with van der Waals surface area (Å²) in [5, 5.41) is 18.3. The predicted molar refractivity (Wildman–Crippen MR) is 76.5 cm³/mol. The van der Waals surface area contributed by atoms with Gasteiger partial charge < -0.3 is 4.42 Å². The Morgan fingerprint density at radius 1 is 0.947 bits per heavy atom. The number of benzene rings is 2. The summed E-state index contributed by atoms with van der Waals surface area (Å²) in [5.74, 6) is 0. The molecule has 0 amide bonds. The maximum absolute atomic E-state index is 8.78. The van der Waals surface area contributed by atoms with Crippen LogP contribution in [-0.2, 0) is 0 Å². The number of para-hydroxylation sites is 1. The second kappa shape index (κ2) is 6.23. The molecule has 3 aromatic rings. The summed E-state index contributed by atoms with van der Waals surface area (Å²) in [6.07, 6.45) is 0. The Hall–Kier alpha value is -2.78. The first-order chi connectivity index (χ1) is 8.80. The van der Waals surface area contributed by atoms with Crippen molar-refractivity contribution in [2.45, 2.75) is 14.4 Å². The van der Waals surface area contributed by atoms with E-state index in [1.807, 2.05) is 36.4 Å². The van der Waals surface area contributed by atoms with Crippen molar-refractivity contribution >= 4 is 21.9 Å². The van der Waals surface area contributed by atoms with Crippen molar-refractivity contribution in [2.75, 3.05) is 0 Å². The van der Waals surface area contributed by atoms with E-state index in [1.165, 1.54) is 6.92 Å². The van der Waals surface area contributed by atoms with Crippen molar-refractivity contribution in [3.8, 4) is 12.1 Å². The summed E-state index contributed by atoms with van der Waals surface area (Å²) in [6, 6.07) is 17.2. The highest BCUT2D eigenvalue weighted by Crippen LogP contribution is 2.28. The third-order valence-electron chi connectivity index (χ3n) is 2.51. The lowest BCUT2D eigenvalue weighted by Gasteiger charge is -1.88. The van der Waals surface area contributed by atoms with Crippen LogP contribution in [0.25, 0.3) is 21.9 Å². The second-order valence-corrected chi connectivity index (χ2v) is 3.64. The van der Waals surface area contributed by atoms with Crippen LogP contribution in [-0.4, -0.2) is 0 Å². The Morgan fingerprint density at radius 3 is 2.26 bits per heavy atom. The van der Waals surface area contributed by atoms with E-state index < -0.39 is 0 Å². The average molecular weight is 250 g/mol. The molecule has 0 unspecified atom stereocenters. The number of nitrogens with zero attached hydrogens (tertiary/aromatic N) is 2. The normalized spacial score (nSPS) is 8.79. The maximum atomic E-state index is 8.78. The number of furan rings is 1. The molecular weight excluding hydrogens is 236 g/mol. The highest BCUT2D eigenvalue weighted by Gasteiger charge is 2.05. The third kappa shape index (κ3) is 2.73. The summed E-state index contributed by atoms with van der Waals surface area (Å²) in [7, 11) is 0. The van der Waals surface area contributed by atoms with E-state index >= 15 is 0 Å². The lowest BCUT2D eigenvalue weighted by atomic mass is 10.1. The highest BCUT2D eigenvalue weighted by molar-refractivity contribution is 6.04. The van der Waals surface area contributed by atoms with E-state index in [0.29, 0.717) is 5.56 Å². The number of rotatable bonds is 0. The standard InChI is InChI=1S/C13H7NO.C2H3N.CH4/c14-8-9-5-6-11-10-3-1-2-4-12(10)15-13(11)7-9;1-2-3;/h1-7H;1H3;1H4. The van der Waals surface area contributed by atoms with E-state index in [4.69, 9.17) is 14.9 Å². The summed E-state index contributed by atoms with van der Waals surface area (Å²) < 4.78 is 5.64. The van der Waals surface area contributed by atoms with Gasteiger partial charge in [-0.2, -0.15) is 10.5 Å². The first-order valence-corrected chi connectivity index (χ1v) is 5.42. The Morgan fingerprint density at radius 2 is 1.58 bits per heavy atom. The molecule has 0 radical (unpaired) electrons. The minimum atomic E-state index is 0. The monoisotopic (exact) mass is 250 g/mol. The Balaban J connectivity index is 0.000000416. The quantitative estimate of drug-likeness (QED) is 0.584. The molecule has 0 saturated heterocycles. The molecule has 0 N–H and O–H groups in total. The van der Waals surface area contributed by atoms with Crippen molar-refractivity contribution in [1.82, 2.24) is 0 Å². The van der Waals surface area contributed by atoms with Gasteiger partial charge >= 0.3 is 0 Å². The number of fused-ring (bicyclic) bond motifs is 3. The molecule has 0 saturated carbocycles. The van der Waals surface area contributed by atoms with Crippen LogP contribution in [0.1, 0.15) is 19.9 Å². The molecular formula is C16H14N2O. The van der Waals surface area contributed by atoms with Crippen LogP contribution < -0.4 is 0 Å². The van der Waals surface area contributed by atoms with Gasteiger partial charge in [0.15, 0.2) is 0 Å². The van der Waals surface area contributed by atoms with Gasteiger partial charge in [-0.25, -0.2) is 0 Å². The van der Waals surface area contributed by atoms with Gasteiger partial charge in [0.2, 0.25) is 0 Å². The summed E-state index contributed by atoms with van der Waals surface area (Å²) in [6.45, 7) is 1.43. The van der Waals surface area contributed by atoms with Gasteiger partial charge in [0, 0.05) is 17.7 Å². The van der Waals surface area contributed by atoms with E-state index in [9.17, 15) is 0 Å². The summed E-state index contributed by atoms with van der Waals surface area (Å²) >= 11 is 0. The average Bonchev–Trinajstić information content (AvgIpc) is 2.77. The summed E-state index contributed by atoms with van der Waals surface area (Å²) in [4.78, 5) is 0. The molecule has 0 spiro atoms. The lowest BCUT2D eigenvalue weighted by molar-refractivity contribution is 0.669.